The molecule has 27 heavy (non-hydrogen) atoms. The van der Waals surface area contributed by atoms with Gasteiger partial charge in [0, 0.05) is 11.3 Å². The van der Waals surface area contributed by atoms with Gasteiger partial charge in [0.05, 0.1) is 18.7 Å². The topological polar surface area (TPSA) is 76.7 Å². The van der Waals surface area contributed by atoms with E-state index in [1.165, 1.54) is 12.1 Å². The number of hydrogen-bond acceptors (Lipinski definition) is 4. The van der Waals surface area contributed by atoms with E-state index in [0.717, 1.165) is 0 Å². The van der Waals surface area contributed by atoms with E-state index >= 15 is 0 Å². The summed E-state index contributed by atoms with van der Waals surface area (Å²) in [6.07, 6.45) is 0. The molecule has 0 fully saturated rings. The third kappa shape index (κ3) is 5.67. The minimum Gasteiger partial charge on any atom is -0.493 e. The number of rotatable bonds is 8. The van der Waals surface area contributed by atoms with Crippen molar-refractivity contribution in [1.82, 2.24) is 5.32 Å². The van der Waals surface area contributed by atoms with Crippen LogP contribution in [0, 0.1) is 6.92 Å². The second-order valence-electron chi connectivity index (χ2n) is 5.47. The minimum atomic E-state index is -2.96. The highest BCUT2D eigenvalue weighted by Gasteiger charge is 2.15. The van der Waals surface area contributed by atoms with E-state index in [1.54, 1.807) is 44.2 Å². The Hall–Kier alpha value is -3.16. The third-order valence-electron chi connectivity index (χ3n) is 3.62. The molecule has 8 heteroatoms. The molecule has 0 atom stereocenters. The average molecular weight is 378 g/mol. The van der Waals surface area contributed by atoms with Crippen LogP contribution in [0.15, 0.2) is 42.5 Å². The summed E-state index contributed by atoms with van der Waals surface area (Å²) < 4.78 is 34.5. The van der Waals surface area contributed by atoms with Crippen LogP contribution in [0.5, 0.6) is 11.5 Å². The monoisotopic (exact) mass is 378 g/mol. The Bertz CT molecular complexity index is 812. The van der Waals surface area contributed by atoms with Crippen molar-refractivity contribution in [2.24, 2.45) is 0 Å². The predicted molar refractivity (Wildman–Crippen MR) is 96.4 cm³/mol. The Kier molecular flexibility index (Phi) is 7.10. The number of para-hydroxylation sites is 1. The van der Waals surface area contributed by atoms with Crippen molar-refractivity contribution >= 4 is 17.5 Å². The first-order valence-electron chi connectivity index (χ1n) is 8.26. The second kappa shape index (κ2) is 9.51. The molecule has 0 aliphatic carbocycles. The van der Waals surface area contributed by atoms with Crippen LogP contribution in [-0.4, -0.2) is 31.6 Å². The lowest BCUT2D eigenvalue weighted by molar-refractivity contribution is -0.115. The van der Waals surface area contributed by atoms with Gasteiger partial charge in [0.2, 0.25) is 5.91 Å². The maximum Gasteiger partial charge on any atom is 0.387 e. The molecule has 2 aromatic rings. The van der Waals surface area contributed by atoms with Crippen molar-refractivity contribution in [1.29, 1.82) is 0 Å². The normalized spacial score (nSPS) is 10.4. The third-order valence-corrected chi connectivity index (χ3v) is 3.62. The van der Waals surface area contributed by atoms with Crippen LogP contribution in [0.25, 0.3) is 0 Å². The number of nitrogens with one attached hydrogen (secondary N) is 2. The number of hydrogen-bond donors (Lipinski definition) is 2. The minimum absolute atomic E-state index is 0.0301. The van der Waals surface area contributed by atoms with Crippen molar-refractivity contribution in [3.63, 3.8) is 0 Å². The van der Waals surface area contributed by atoms with Crippen LogP contribution in [0.4, 0.5) is 14.5 Å². The zero-order valence-electron chi connectivity index (χ0n) is 14.9. The van der Waals surface area contributed by atoms with Gasteiger partial charge in [0.15, 0.2) is 0 Å². The number of alkyl halides is 2. The van der Waals surface area contributed by atoms with Gasteiger partial charge < -0.3 is 20.1 Å². The second-order valence-corrected chi connectivity index (χ2v) is 5.47. The summed E-state index contributed by atoms with van der Waals surface area (Å²) >= 11 is 0. The highest BCUT2D eigenvalue weighted by Crippen LogP contribution is 2.26. The lowest BCUT2D eigenvalue weighted by Crippen LogP contribution is -2.33. The van der Waals surface area contributed by atoms with Crippen molar-refractivity contribution in [3.05, 3.63) is 53.6 Å². The number of carbonyl (C=O) groups excluding carboxylic acids is 2. The zero-order chi connectivity index (χ0) is 19.8. The number of halogens is 2. The summed E-state index contributed by atoms with van der Waals surface area (Å²) in [5.74, 6) is -0.571. The van der Waals surface area contributed by atoms with E-state index in [1.807, 2.05) is 0 Å². The number of carbonyl (C=O) groups is 2. The summed E-state index contributed by atoms with van der Waals surface area (Å²) in [6.45, 7) is 0.500. The molecule has 0 saturated heterocycles. The van der Waals surface area contributed by atoms with Crippen molar-refractivity contribution in [2.75, 3.05) is 18.5 Å². The summed E-state index contributed by atoms with van der Waals surface area (Å²) in [4.78, 5) is 24.4. The summed E-state index contributed by atoms with van der Waals surface area (Å²) in [5, 5.41) is 5.06. The van der Waals surface area contributed by atoms with Crippen molar-refractivity contribution in [3.8, 4) is 11.5 Å². The molecule has 0 heterocycles. The molecule has 2 amide bonds. The fourth-order valence-corrected chi connectivity index (χ4v) is 2.36. The first kappa shape index (κ1) is 20.2. The van der Waals surface area contributed by atoms with Crippen LogP contribution in [0.3, 0.4) is 0 Å². The van der Waals surface area contributed by atoms with Crippen LogP contribution >= 0.6 is 0 Å². The van der Waals surface area contributed by atoms with E-state index in [-0.39, 0.29) is 12.3 Å². The Morgan fingerprint density at radius 1 is 1.07 bits per heavy atom. The molecule has 144 valence electrons. The molecule has 0 aliphatic heterocycles. The molecular formula is C19H20F2N2O4. The largest absolute Gasteiger partial charge is 0.493 e. The molecular weight excluding hydrogens is 358 g/mol. The molecule has 0 radical (unpaired) electrons. The summed E-state index contributed by atoms with van der Waals surface area (Å²) in [5.41, 5.74) is 0.997. The molecule has 2 N–H and O–H groups in total. The number of ether oxygens (including phenoxy) is 2. The highest BCUT2D eigenvalue weighted by atomic mass is 19.3. The van der Waals surface area contributed by atoms with Gasteiger partial charge >= 0.3 is 6.61 Å². The van der Waals surface area contributed by atoms with E-state index in [9.17, 15) is 18.4 Å². The molecule has 2 aromatic carbocycles. The standard InChI is InChI=1S/C19H20F2N2O4/c1-3-26-16-9-5-4-7-13(16)18(25)22-11-17(24)23-14-8-6-10-15(12(14)2)27-19(20)21/h4-10,19H,3,11H2,1-2H3,(H,22,25)(H,23,24). The molecule has 0 aromatic heterocycles. The van der Waals surface area contributed by atoms with Gasteiger partial charge in [-0.15, -0.1) is 0 Å². The Morgan fingerprint density at radius 2 is 1.78 bits per heavy atom. The molecule has 0 spiro atoms. The maximum atomic E-state index is 12.4. The van der Waals surface area contributed by atoms with Crippen LogP contribution in [0.1, 0.15) is 22.8 Å². The predicted octanol–water partition coefficient (Wildman–Crippen LogP) is 3.36. The van der Waals surface area contributed by atoms with E-state index < -0.39 is 18.4 Å². The number of anilines is 1. The van der Waals surface area contributed by atoms with Gasteiger partial charge in [0.1, 0.15) is 11.5 Å². The van der Waals surface area contributed by atoms with Crippen LogP contribution in [0.2, 0.25) is 0 Å². The van der Waals surface area contributed by atoms with Gasteiger partial charge in [-0.1, -0.05) is 18.2 Å². The molecule has 6 nitrogen and oxygen atoms in total. The quantitative estimate of drug-likeness (QED) is 0.739. The highest BCUT2D eigenvalue weighted by molar-refractivity contribution is 6.01. The Balaban J connectivity index is 1.98. The van der Waals surface area contributed by atoms with Gasteiger partial charge in [0.25, 0.3) is 5.91 Å². The summed E-state index contributed by atoms with van der Waals surface area (Å²) in [7, 11) is 0. The van der Waals surface area contributed by atoms with Crippen LogP contribution in [-0.2, 0) is 4.79 Å². The first-order chi connectivity index (χ1) is 12.9. The van der Waals surface area contributed by atoms with E-state index in [4.69, 9.17) is 4.74 Å². The zero-order valence-corrected chi connectivity index (χ0v) is 14.9. The summed E-state index contributed by atoms with van der Waals surface area (Å²) in [6, 6.07) is 11.1. The Labute approximate surface area is 155 Å². The van der Waals surface area contributed by atoms with Gasteiger partial charge in [-0.2, -0.15) is 8.78 Å². The molecule has 0 bridgehead atoms. The average Bonchev–Trinajstić information content (AvgIpc) is 2.63. The van der Waals surface area contributed by atoms with E-state index in [2.05, 4.69) is 15.4 Å². The molecule has 2 rings (SSSR count). The van der Waals surface area contributed by atoms with Crippen molar-refractivity contribution < 1.29 is 27.8 Å². The smallest absolute Gasteiger partial charge is 0.387 e. The molecule has 0 unspecified atom stereocenters. The SMILES string of the molecule is CCOc1ccccc1C(=O)NCC(=O)Nc1cccc(OC(F)F)c1C. The lowest BCUT2D eigenvalue weighted by Gasteiger charge is -2.13. The number of amides is 2. The van der Waals surface area contributed by atoms with E-state index in [0.29, 0.717) is 29.2 Å². The van der Waals surface area contributed by atoms with Gasteiger partial charge in [-0.05, 0) is 38.1 Å². The van der Waals surface area contributed by atoms with Gasteiger partial charge in [-0.25, -0.2) is 0 Å². The van der Waals surface area contributed by atoms with Gasteiger partial charge in [-0.3, -0.25) is 9.59 Å². The van der Waals surface area contributed by atoms with Crippen LogP contribution < -0.4 is 20.1 Å². The molecule has 0 saturated carbocycles. The first-order valence-corrected chi connectivity index (χ1v) is 8.26. The fourth-order valence-electron chi connectivity index (χ4n) is 2.36. The van der Waals surface area contributed by atoms with Crippen molar-refractivity contribution in [2.45, 2.75) is 20.5 Å². The Morgan fingerprint density at radius 3 is 2.48 bits per heavy atom. The fraction of sp³-hybridized carbons (Fsp3) is 0.263. The lowest BCUT2D eigenvalue weighted by atomic mass is 10.1. The maximum absolute atomic E-state index is 12.4. The molecule has 0 aliphatic rings. The number of benzene rings is 2.